The van der Waals surface area contributed by atoms with Crippen LogP contribution in [0.25, 0.3) is 0 Å². The van der Waals surface area contributed by atoms with Crippen LogP contribution in [0.4, 0.5) is 10.1 Å². The maximum atomic E-state index is 12.6. The Bertz CT molecular complexity index is 644. The average Bonchev–Trinajstić information content (AvgIpc) is 2.45. The number of para-hydroxylation sites is 1. The van der Waals surface area contributed by atoms with E-state index in [1.165, 1.54) is 12.1 Å². The Balaban J connectivity index is 2.07. The largest absolute Gasteiger partial charge is 0.348 e. The molecule has 0 aliphatic rings. The summed E-state index contributed by atoms with van der Waals surface area (Å²) in [5.74, 6) is -1.16. The predicted octanol–water partition coefficient (Wildman–Crippen LogP) is 2.06. The lowest BCUT2D eigenvalue weighted by Gasteiger charge is -2.05. The highest BCUT2D eigenvalue weighted by Crippen LogP contribution is 2.17. The summed E-state index contributed by atoms with van der Waals surface area (Å²) >= 11 is 0. The number of nitrogens with one attached hydrogen (secondary N) is 1. The van der Waals surface area contributed by atoms with E-state index in [1.807, 2.05) is 0 Å². The Hall–Kier alpha value is -2.83. The standard InChI is InChI=1S/C13H10FN3O3/c14-12-6-5-10(8-15-12)13(18)16-7-9-3-1-2-4-11(9)17(19)20/h1-6,8H,7H2,(H,16,18). The molecule has 1 amide bonds. The van der Waals surface area contributed by atoms with Gasteiger partial charge in [-0.3, -0.25) is 14.9 Å². The van der Waals surface area contributed by atoms with E-state index in [-0.39, 0.29) is 17.8 Å². The summed E-state index contributed by atoms with van der Waals surface area (Å²) in [7, 11) is 0. The molecule has 0 unspecified atom stereocenters. The van der Waals surface area contributed by atoms with Gasteiger partial charge in [0.25, 0.3) is 11.6 Å². The van der Waals surface area contributed by atoms with Crippen LogP contribution in [0, 0.1) is 16.1 Å². The zero-order chi connectivity index (χ0) is 14.5. The summed E-state index contributed by atoms with van der Waals surface area (Å²) in [6.07, 6.45) is 1.10. The van der Waals surface area contributed by atoms with Gasteiger partial charge in [-0.1, -0.05) is 18.2 Å². The molecule has 2 aromatic rings. The third-order valence-electron chi connectivity index (χ3n) is 2.62. The van der Waals surface area contributed by atoms with Crippen molar-refractivity contribution in [3.05, 3.63) is 69.8 Å². The first-order chi connectivity index (χ1) is 9.58. The number of pyridine rings is 1. The van der Waals surface area contributed by atoms with Crippen LogP contribution in [0.2, 0.25) is 0 Å². The average molecular weight is 275 g/mol. The van der Waals surface area contributed by atoms with Crippen molar-refractivity contribution in [3.8, 4) is 0 Å². The lowest BCUT2D eigenvalue weighted by atomic mass is 10.1. The maximum Gasteiger partial charge on any atom is 0.274 e. The number of carbonyl (C=O) groups excluding carboxylic acids is 1. The van der Waals surface area contributed by atoms with Gasteiger partial charge in [-0.25, -0.2) is 4.98 Å². The van der Waals surface area contributed by atoms with Gasteiger partial charge in [-0.15, -0.1) is 0 Å². The number of rotatable bonds is 4. The van der Waals surface area contributed by atoms with E-state index in [0.29, 0.717) is 5.56 Å². The van der Waals surface area contributed by atoms with Gasteiger partial charge in [0.1, 0.15) is 0 Å². The number of nitro benzene ring substituents is 1. The highest BCUT2D eigenvalue weighted by molar-refractivity contribution is 5.93. The molecule has 2 rings (SSSR count). The van der Waals surface area contributed by atoms with Crippen molar-refractivity contribution in [2.24, 2.45) is 0 Å². The SMILES string of the molecule is O=C(NCc1ccccc1[N+](=O)[O-])c1ccc(F)nc1. The Kier molecular flexibility index (Phi) is 3.99. The molecule has 0 aliphatic heterocycles. The smallest absolute Gasteiger partial charge is 0.274 e. The number of hydrogen-bond donors (Lipinski definition) is 1. The topological polar surface area (TPSA) is 85.1 Å². The van der Waals surface area contributed by atoms with Crippen molar-refractivity contribution in [1.82, 2.24) is 10.3 Å². The van der Waals surface area contributed by atoms with Crippen LogP contribution in [-0.2, 0) is 6.54 Å². The van der Waals surface area contributed by atoms with Crippen molar-refractivity contribution < 1.29 is 14.1 Å². The van der Waals surface area contributed by atoms with E-state index in [9.17, 15) is 19.3 Å². The minimum Gasteiger partial charge on any atom is -0.348 e. The van der Waals surface area contributed by atoms with Crippen LogP contribution in [-0.4, -0.2) is 15.8 Å². The van der Waals surface area contributed by atoms with Gasteiger partial charge in [-0.05, 0) is 12.1 Å². The van der Waals surface area contributed by atoms with Gasteiger partial charge in [0, 0.05) is 24.4 Å². The first-order valence-corrected chi connectivity index (χ1v) is 5.70. The van der Waals surface area contributed by atoms with Gasteiger partial charge in [0.2, 0.25) is 5.95 Å². The monoisotopic (exact) mass is 275 g/mol. The van der Waals surface area contributed by atoms with E-state index in [0.717, 1.165) is 12.3 Å². The normalized spacial score (nSPS) is 10.1. The number of amides is 1. The Morgan fingerprint density at radius 2 is 2.05 bits per heavy atom. The first-order valence-electron chi connectivity index (χ1n) is 5.70. The molecule has 0 fully saturated rings. The van der Waals surface area contributed by atoms with Crippen LogP contribution in [0.1, 0.15) is 15.9 Å². The third kappa shape index (κ3) is 3.14. The van der Waals surface area contributed by atoms with Gasteiger partial charge in [0.15, 0.2) is 0 Å². The van der Waals surface area contributed by atoms with E-state index >= 15 is 0 Å². The van der Waals surface area contributed by atoms with Gasteiger partial charge >= 0.3 is 0 Å². The molecule has 102 valence electrons. The zero-order valence-electron chi connectivity index (χ0n) is 10.2. The number of aromatic nitrogens is 1. The summed E-state index contributed by atoms with van der Waals surface area (Å²) in [5, 5.41) is 13.3. The van der Waals surface area contributed by atoms with Gasteiger partial charge < -0.3 is 5.32 Å². The van der Waals surface area contributed by atoms with Crippen LogP contribution in [0.5, 0.6) is 0 Å². The van der Waals surface area contributed by atoms with E-state index in [2.05, 4.69) is 10.3 Å². The van der Waals surface area contributed by atoms with Crippen LogP contribution in [0.3, 0.4) is 0 Å². The molecule has 1 aromatic carbocycles. The fourth-order valence-corrected chi connectivity index (χ4v) is 1.63. The number of nitro groups is 1. The Labute approximate surface area is 113 Å². The summed E-state index contributed by atoms with van der Waals surface area (Å²) < 4.78 is 12.6. The summed E-state index contributed by atoms with van der Waals surface area (Å²) in [4.78, 5) is 25.4. The minimum absolute atomic E-state index is 0.00730. The van der Waals surface area contributed by atoms with E-state index < -0.39 is 16.8 Å². The Morgan fingerprint density at radius 3 is 2.70 bits per heavy atom. The lowest BCUT2D eigenvalue weighted by Crippen LogP contribution is -2.23. The fourth-order valence-electron chi connectivity index (χ4n) is 1.63. The molecule has 6 nitrogen and oxygen atoms in total. The fraction of sp³-hybridized carbons (Fsp3) is 0.0769. The van der Waals surface area contributed by atoms with Gasteiger partial charge in [0.05, 0.1) is 10.5 Å². The summed E-state index contributed by atoms with van der Waals surface area (Å²) in [6, 6.07) is 8.47. The molecule has 7 heteroatoms. The van der Waals surface area contributed by atoms with Gasteiger partial charge in [-0.2, -0.15) is 4.39 Å². The van der Waals surface area contributed by atoms with Crippen molar-refractivity contribution in [2.45, 2.75) is 6.54 Å². The predicted molar refractivity (Wildman–Crippen MR) is 68.5 cm³/mol. The van der Waals surface area contributed by atoms with Crippen molar-refractivity contribution in [3.63, 3.8) is 0 Å². The number of carbonyl (C=O) groups is 1. The second-order valence-electron chi connectivity index (χ2n) is 3.94. The number of nitrogens with zero attached hydrogens (tertiary/aromatic N) is 2. The molecule has 0 atom stereocenters. The highest BCUT2D eigenvalue weighted by Gasteiger charge is 2.13. The molecular formula is C13H10FN3O3. The molecule has 20 heavy (non-hydrogen) atoms. The molecule has 0 saturated heterocycles. The van der Waals surface area contributed by atoms with Crippen molar-refractivity contribution in [1.29, 1.82) is 0 Å². The number of halogens is 1. The molecule has 0 aliphatic carbocycles. The Morgan fingerprint density at radius 1 is 1.30 bits per heavy atom. The second-order valence-corrected chi connectivity index (χ2v) is 3.94. The molecule has 0 bridgehead atoms. The van der Waals surface area contributed by atoms with E-state index in [4.69, 9.17) is 0 Å². The van der Waals surface area contributed by atoms with Crippen molar-refractivity contribution >= 4 is 11.6 Å². The second kappa shape index (κ2) is 5.87. The van der Waals surface area contributed by atoms with Crippen LogP contribution in [0.15, 0.2) is 42.6 Å². The zero-order valence-corrected chi connectivity index (χ0v) is 10.2. The molecule has 0 spiro atoms. The summed E-state index contributed by atoms with van der Waals surface area (Å²) in [6.45, 7) is 0.00730. The van der Waals surface area contributed by atoms with Crippen LogP contribution >= 0.6 is 0 Å². The molecular weight excluding hydrogens is 265 g/mol. The summed E-state index contributed by atoms with van der Waals surface area (Å²) in [5.41, 5.74) is 0.510. The lowest BCUT2D eigenvalue weighted by molar-refractivity contribution is -0.385. The van der Waals surface area contributed by atoms with Crippen LogP contribution < -0.4 is 5.32 Å². The third-order valence-corrected chi connectivity index (χ3v) is 2.62. The molecule has 0 radical (unpaired) electrons. The number of hydrogen-bond acceptors (Lipinski definition) is 4. The maximum absolute atomic E-state index is 12.6. The molecule has 1 N–H and O–H groups in total. The quantitative estimate of drug-likeness (QED) is 0.525. The number of benzene rings is 1. The minimum atomic E-state index is -0.680. The molecule has 1 heterocycles. The van der Waals surface area contributed by atoms with Crippen molar-refractivity contribution in [2.75, 3.05) is 0 Å². The first kappa shape index (κ1) is 13.6. The molecule has 0 saturated carbocycles. The van der Waals surface area contributed by atoms with E-state index in [1.54, 1.807) is 18.2 Å². The molecule has 1 aromatic heterocycles. The highest BCUT2D eigenvalue weighted by atomic mass is 19.1.